The number of amides is 4. The lowest BCUT2D eigenvalue weighted by Gasteiger charge is -2.29. The van der Waals surface area contributed by atoms with E-state index in [2.05, 4.69) is 13.2 Å². The highest BCUT2D eigenvalue weighted by atomic mass is 16.2. The van der Waals surface area contributed by atoms with Gasteiger partial charge >= 0.3 is 23.6 Å². The number of rotatable bonds is 4. The molecule has 1 rings (SSSR count). The van der Waals surface area contributed by atoms with Gasteiger partial charge in [-0.1, -0.05) is 12.2 Å². The van der Waals surface area contributed by atoms with E-state index >= 15 is 0 Å². The van der Waals surface area contributed by atoms with E-state index in [4.69, 9.17) is 0 Å². The van der Waals surface area contributed by atoms with Crippen molar-refractivity contribution in [3.05, 3.63) is 25.3 Å². The van der Waals surface area contributed by atoms with Crippen molar-refractivity contribution in [2.45, 2.75) is 0 Å². The Kier molecular flexibility index (Phi) is 3.34. The van der Waals surface area contributed by atoms with Gasteiger partial charge in [0.05, 0.1) is 0 Å². The topological polar surface area (TPSA) is 74.8 Å². The average molecular weight is 222 g/mol. The second kappa shape index (κ2) is 4.52. The Morgan fingerprint density at radius 2 is 1.25 bits per heavy atom. The maximum atomic E-state index is 11.6. The van der Waals surface area contributed by atoms with Crippen molar-refractivity contribution in [3.63, 3.8) is 0 Å². The first kappa shape index (κ1) is 11.8. The zero-order valence-corrected chi connectivity index (χ0v) is 8.51. The van der Waals surface area contributed by atoms with Crippen LogP contribution in [0, 0.1) is 0 Å². The largest absolute Gasteiger partial charge is 0.334 e. The Balaban J connectivity index is 3.06. The molecule has 1 heterocycles. The number of nitrogens with zero attached hydrogens (tertiary/aromatic N) is 2. The minimum atomic E-state index is -1.22. The lowest BCUT2D eigenvalue weighted by Crippen LogP contribution is -2.60. The molecule has 16 heavy (non-hydrogen) atoms. The Morgan fingerprint density at radius 1 is 0.875 bits per heavy atom. The monoisotopic (exact) mass is 222 g/mol. The fourth-order valence-corrected chi connectivity index (χ4v) is 1.24. The molecule has 0 bridgehead atoms. The highest BCUT2D eigenvalue weighted by Crippen LogP contribution is 2.09. The molecule has 0 aliphatic carbocycles. The van der Waals surface area contributed by atoms with Gasteiger partial charge in [0.1, 0.15) is 0 Å². The van der Waals surface area contributed by atoms with Crippen LogP contribution in [0.2, 0.25) is 0 Å². The van der Waals surface area contributed by atoms with Crippen LogP contribution in [-0.2, 0) is 14.4 Å². The lowest BCUT2D eigenvalue weighted by atomic mass is 10.2. The van der Waals surface area contributed by atoms with Crippen LogP contribution >= 0.6 is 0 Å². The zero-order valence-electron chi connectivity index (χ0n) is 8.51. The van der Waals surface area contributed by atoms with Gasteiger partial charge in [-0.3, -0.25) is 24.2 Å². The molecule has 0 N–H and O–H groups in total. The molecule has 0 spiro atoms. The number of hydrogen-bond donors (Lipinski definition) is 0. The lowest BCUT2D eigenvalue weighted by molar-refractivity contribution is -0.154. The molecule has 4 amide bonds. The van der Waals surface area contributed by atoms with Crippen molar-refractivity contribution in [1.29, 1.82) is 0 Å². The van der Waals surface area contributed by atoms with Crippen LogP contribution in [0.4, 0.5) is 4.79 Å². The summed E-state index contributed by atoms with van der Waals surface area (Å²) in [6, 6.07) is -0.825. The first-order chi connectivity index (χ1) is 7.54. The summed E-state index contributed by atoms with van der Waals surface area (Å²) in [5.41, 5.74) is 0. The molecule has 0 saturated carbocycles. The molecule has 1 fully saturated rings. The first-order valence-corrected chi connectivity index (χ1v) is 4.48. The van der Waals surface area contributed by atoms with Crippen LogP contribution in [0.3, 0.4) is 0 Å². The molecule has 0 radical (unpaired) electrons. The summed E-state index contributed by atoms with van der Waals surface area (Å²) in [5, 5.41) is 0. The van der Waals surface area contributed by atoms with Crippen LogP contribution in [0.25, 0.3) is 0 Å². The fraction of sp³-hybridized carbons (Fsp3) is 0.200. The molecule has 0 atom stereocenters. The number of carbonyl (C=O) groups excluding carboxylic acids is 4. The molecule has 84 valence electrons. The molecular weight excluding hydrogens is 212 g/mol. The number of imide groups is 2. The van der Waals surface area contributed by atoms with Crippen molar-refractivity contribution in [2.75, 3.05) is 13.1 Å². The van der Waals surface area contributed by atoms with Crippen molar-refractivity contribution in [2.24, 2.45) is 0 Å². The van der Waals surface area contributed by atoms with Crippen molar-refractivity contribution >= 4 is 23.6 Å². The molecule has 0 unspecified atom stereocenters. The normalized spacial score (nSPS) is 16.8. The van der Waals surface area contributed by atoms with Gasteiger partial charge in [0.15, 0.2) is 0 Å². The van der Waals surface area contributed by atoms with Crippen LogP contribution in [0.15, 0.2) is 25.3 Å². The SMILES string of the molecule is C=CCN1C(=O)C(=O)C(=O)N(CC=C)C1=O. The van der Waals surface area contributed by atoms with Crippen molar-refractivity contribution in [1.82, 2.24) is 9.80 Å². The minimum absolute atomic E-state index is 0.107. The number of carbonyl (C=O) groups is 4. The van der Waals surface area contributed by atoms with E-state index in [1.54, 1.807) is 0 Å². The van der Waals surface area contributed by atoms with Gasteiger partial charge in [0.2, 0.25) is 0 Å². The summed E-state index contributed by atoms with van der Waals surface area (Å²) in [4.78, 5) is 46.8. The second-order valence-electron chi connectivity index (χ2n) is 3.02. The smallest absolute Gasteiger partial charge is 0.277 e. The van der Waals surface area contributed by atoms with E-state index in [1.165, 1.54) is 12.2 Å². The van der Waals surface area contributed by atoms with Gasteiger partial charge < -0.3 is 0 Å². The summed E-state index contributed by atoms with van der Waals surface area (Å²) in [6.07, 6.45) is 2.59. The molecule has 6 nitrogen and oxygen atoms in total. The van der Waals surface area contributed by atoms with E-state index in [0.29, 0.717) is 9.80 Å². The van der Waals surface area contributed by atoms with E-state index in [-0.39, 0.29) is 13.1 Å². The maximum absolute atomic E-state index is 11.6. The van der Waals surface area contributed by atoms with Gasteiger partial charge in [-0.15, -0.1) is 13.2 Å². The zero-order chi connectivity index (χ0) is 12.3. The number of barbiturate groups is 1. The van der Waals surface area contributed by atoms with E-state index in [1.807, 2.05) is 0 Å². The van der Waals surface area contributed by atoms with Crippen LogP contribution in [-0.4, -0.2) is 46.5 Å². The molecule has 0 aromatic carbocycles. The van der Waals surface area contributed by atoms with Gasteiger partial charge in [-0.05, 0) is 0 Å². The quantitative estimate of drug-likeness (QED) is 0.484. The fourth-order valence-electron chi connectivity index (χ4n) is 1.24. The Hall–Kier alpha value is -2.24. The molecule has 0 aromatic heterocycles. The minimum Gasteiger partial charge on any atom is -0.277 e. The van der Waals surface area contributed by atoms with Gasteiger partial charge in [-0.2, -0.15) is 0 Å². The molecule has 0 aromatic rings. The standard InChI is InChI=1S/C10H10N2O4/c1-3-5-11-8(14)7(13)9(15)12(6-4-2)10(11)16/h3-4H,1-2,5-6H2. The third-order valence-corrected chi connectivity index (χ3v) is 1.96. The predicted octanol–water partition coefficient (Wildman–Crippen LogP) is -0.282. The molecule has 1 saturated heterocycles. The highest BCUT2D eigenvalue weighted by Gasteiger charge is 2.43. The first-order valence-electron chi connectivity index (χ1n) is 4.48. The Morgan fingerprint density at radius 3 is 1.56 bits per heavy atom. The third kappa shape index (κ3) is 1.77. The van der Waals surface area contributed by atoms with Crippen molar-refractivity contribution < 1.29 is 19.2 Å². The van der Waals surface area contributed by atoms with Crippen LogP contribution < -0.4 is 0 Å². The number of ketones is 1. The summed E-state index contributed by atoms with van der Waals surface area (Å²) in [6.45, 7) is 6.50. The molecule has 1 aliphatic rings. The van der Waals surface area contributed by atoms with Crippen LogP contribution in [0.5, 0.6) is 0 Å². The molecule has 1 aliphatic heterocycles. The van der Waals surface area contributed by atoms with E-state index in [0.717, 1.165) is 0 Å². The number of Topliss-reactive ketones (excluding diaryl/α,β-unsaturated/α-hetero) is 1. The second-order valence-corrected chi connectivity index (χ2v) is 3.02. The van der Waals surface area contributed by atoms with Gasteiger partial charge in [0.25, 0.3) is 0 Å². The number of urea groups is 1. The summed E-state index contributed by atoms with van der Waals surface area (Å²) in [5.74, 6) is -3.45. The Labute approximate surface area is 91.8 Å². The third-order valence-electron chi connectivity index (χ3n) is 1.96. The van der Waals surface area contributed by atoms with E-state index < -0.39 is 23.6 Å². The van der Waals surface area contributed by atoms with Crippen molar-refractivity contribution in [3.8, 4) is 0 Å². The average Bonchev–Trinajstić information content (AvgIpc) is 2.28. The number of hydrogen-bond acceptors (Lipinski definition) is 4. The molecule has 6 heteroatoms. The summed E-state index contributed by atoms with van der Waals surface area (Å²) in [7, 11) is 0. The van der Waals surface area contributed by atoms with Gasteiger partial charge in [0, 0.05) is 13.1 Å². The highest BCUT2D eigenvalue weighted by molar-refractivity contribution is 6.66. The van der Waals surface area contributed by atoms with E-state index in [9.17, 15) is 19.2 Å². The van der Waals surface area contributed by atoms with Crippen LogP contribution in [0.1, 0.15) is 0 Å². The maximum Gasteiger partial charge on any atom is 0.334 e. The summed E-state index contributed by atoms with van der Waals surface area (Å²) < 4.78 is 0. The molecular formula is C10H10N2O4. The van der Waals surface area contributed by atoms with Gasteiger partial charge in [-0.25, -0.2) is 4.79 Å². The Bertz CT molecular complexity index is 366. The summed E-state index contributed by atoms with van der Waals surface area (Å²) >= 11 is 0. The predicted molar refractivity (Wildman–Crippen MR) is 54.2 cm³/mol.